The van der Waals surface area contributed by atoms with Crippen molar-refractivity contribution in [2.24, 2.45) is 0 Å². The number of benzene rings is 1. The second-order valence-electron chi connectivity index (χ2n) is 8.56. The van der Waals surface area contributed by atoms with Crippen LogP contribution in [0, 0.1) is 6.92 Å². The maximum atomic E-state index is 13.2. The highest BCUT2D eigenvalue weighted by Crippen LogP contribution is 2.31. The fourth-order valence-electron chi connectivity index (χ4n) is 3.58. The van der Waals surface area contributed by atoms with Crippen molar-refractivity contribution in [3.8, 4) is 17.1 Å². The average Bonchev–Trinajstić information content (AvgIpc) is 3.11. The number of sulfonamides is 1. The second-order valence-corrected chi connectivity index (χ2v) is 10.6. The van der Waals surface area contributed by atoms with Gasteiger partial charge in [-0.2, -0.15) is 4.31 Å². The van der Waals surface area contributed by atoms with Gasteiger partial charge in [-0.25, -0.2) is 17.9 Å². The molecule has 1 aromatic carbocycles. The SMILES string of the molecule is CCCOc1ccc(S(=O)(=O)N(C)CCN(C)C)cc1-c1nn2c(CCC)nc(C)c2c(=O)[nH]1. The Kier molecular flexibility index (Phi) is 8.11. The average molecular weight is 491 g/mol. The van der Waals surface area contributed by atoms with Gasteiger partial charge in [-0.3, -0.25) is 4.79 Å². The Balaban J connectivity index is 2.17. The second kappa shape index (κ2) is 10.7. The maximum absolute atomic E-state index is 13.2. The summed E-state index contributed by atoms with van der Waals surface area (Å²) in [4.78, 5) is 22.3. The van der Waals surface area contributed by atoms with E-state index in [0.717, 1.165) is 12.8 Å². The van der Waals surface area contributed by atoms with Crippen molar-refractivity contribution in [1.82, 2.24) is 28.8 Å². The van der Waals surface area contributed by atoms with Gasteiger partial charge in [-0.15, -0.1) is 5.10 Å². The van der Waals surface area contributed by atoms with Crippen LogP contribution >= 0.6 is 0 Å². The van der Waals surface area contributed by atoms with Crippen LogP contribution in [0.1, 0.15) is 38.2 Å². The van der Waals surface area contributed by atoms with Gasteiger partial charge in [0.2, 0.25) is 10.0 Å². The van der Waals surface area contributed by atoms with Crippen LogP contribution in [0.5, 0.6) is 5.75 Å². The van der Waals surface area contributed by atoms with Crippen LogP contribution in [0.4, 0.5) is 0 Å². The van der Waals surface area contributed by atoms with E-state index >= 15 is 0 Å². The molecule has 0 aliphatic carbocycles. The van der Waals surface area contributed by atoms with Gasteiger partial charge in [-0.05, 0) is 52.1 Å². The summed E-state index contributed by atoms with van der Waals surface area (Å²) in [6.07, 6.45) is 2.28. The lowest BCUT2D eigenvalue weighted by Crippen LogP contribution is -2.33. The molecule has 0 saturated heterocycles. The number of nitrogens with zero attached hydrogens (tertiary/aromatic N) is 5. The zero-order chi connectivity index (χ0) is 25.0. The van der Waals surface area contributed by atoms with E-state index in [1.807, 2.05) is 32.8 Å². The molecule has 0 aliphatic rings. The number of H-pyrrole nitrogens is 1. The van der Waals surface area contributed by atoms with Gasteiger partial charge >= 0.3 is 0 Å². The minimum absolute atomic E-state index is 0.103. The Hall–Kier alpha value is -2.76. The van der Waals surface area contributed by atoms with Crippen molar-refractivity contribution >= 4 is 15.5 Å². The molecule has 0 unspecified atom stereocenters. The highest BCUT2D eigenvalue weighted by atomic mass is 32.2. The quantitative estimate of drug-likeness (QED) is 0.439. The van der Waals surface area contributed by atoms with E-state index in [1.165, 1.54) is 16.4 Å². The third-order valence-electron chi connectivity index (χ3n) is 5.45. The normalized spacial score (nSPS) is 12.2. The molecule has 0 amide bonds. The van der Waals surface area contributed by atoms with Crippen LogP contribution in [0.15, 0.2) is 27.9 Å². The Morgan fingerprint density at radius 3 is 2.50 bits per heavy atom. The summed E-state index contributed by atoms with van der Waals surface area (Å²) in [5, 5.41) is 4.65. The first-order chi connectivity index (χ1) is 16.1. The van der Waals surface area contributed by atoms with Crippen molar-refractivity contribution in [2.75, 3.05) is 40.8 Å². The Bertz CT molecular complexity index is 1310. The fraction of sp³-hybridized carbons (Fsp3) is 0.522. The van der Waals surface area contributed by atoms with Gasteiger partial charge in [0, 0.05) is 26.6 Å². The summed E-state index contributed by atoms with van der Waals surface area (Å²) in [6, 6.07) is 4.66. The number of aromatic nitrogens is 4. The standard InChI is InChI=1S/C23H34N6O4S/c1-7-9-20-24-16(3)21-23(30)25-22(26-29(20)21)18-15-17(10-11-19(18)33-14-8-2)34(31,32)28(6)13-12-27(4)5/h10-11,15H,7-9,12-14H2,1-6H3,(H,25,26,30). The summed E-state index contributed by atoms with van der Waals surface area (Å²) in [5.74, 6) is 1.37. The van der Waals surface area contributed by atoms with Crippen LogP contribution in [-0.2, 0) is 16.4 Å². The lowest BCUT2D eigenvalue weighted by molar-refractivity contribution is 0.318. The van der Waals surface area contributed by atoms with E-state index in [2.05, 4.69) is 15.1 Å². The molecular formula is C23H34N6O4S. The third kappa shape index (κ3) is 5.31. The van der Waals surface area contributed by atoms with Gasteiger partial charge in [0.15, 0.2) is 11.3 Å². The molecule has 0 radical (unpaired) electrons. The van der Waals surface area contributed by atoms with Crippen LogP contribution in [0.3, 0.4) is 0 Å². The smallest absolute Gasteiger partial charge is 0.277 e. The fourth-order valence-corrected chi connectivity index (χ4v) is 4.76. The first-order valence-corrected chi connectivity index (χ1v) is 12.9. The first kappa shape index (κ1) is 25.9. The van der Waals surface area contributed by atoms with Crippen LogP contribution in [-0.4, -0.2) is 78.0 Å². The number of rotatable bonds is 11. The number of aromatic amines is 1. The topological polar surface area (TPSA) is 113 Å². The first-order valence-electron chi connectivity index (χ1n) is 11.5. The monoisotopic (exact) mass is 490 g/mol. The number of fused-ring (bicyclic) bond motifs is 1. The van der Waals surface area contributed by atoms with Crippen molar-refractivity contribution in [3.05, 3.63) is 40.1 Å². The van der Waals surface area contributed by atoms with E-state index in [0.29, 0.717) is 54.5 Å². The molecule has 0 atom stereocenters. The molecule has 0 spiro atoms. The predicted molar refractivity (Wildman–Crippen MR) is 132 cm³/mol. The van der Waals surface area contributed by atoms with Gasteiger partial charge < -0.3 is 14.6 Å². The number of hydrogen-bond donors (Lipinski definition) is 1. The molecule has 0 saturated carbocycles. The number of hydrogen-bond acceptors (Lipinski definition) is 7. The lowest BCUT2D eigenvalue weighted by Gasteiger charge is -2.20. The van der Waals surface area contributed by atoms with Gasteiger partial charge in [0.1, 0.15) is 11.6 Å². The summed E-state index contributed by atoms with van der Waals surface area (Å²) < 4.78 is 35.2. The summed E-state index contributed by atoms with van der Waals surface area (Å²) in [5.41, 5.74) is 1.05. The summed E-state index contributed by atoms with van der Waals surface area (Å²) in [7, 11) is 1.58. The van der Waals surface area contributed by atoms with Crippen molar-refractivity contribution in [2.45, 2.75) is 44.9 Å². The highest BCUT2D eigenvalue weighted by molar-refractivity contribution is 7.89. The van der Waals surface area contributed by atoms with Gasteiger partial charge in [0.25, 0.3) is 5.56 Å². The molecule has 11 heteroatoms. The maximum Gasteiger partial charge on any atom is 0.277 e. The van der Waals surface area contributed by atoms with Crippen molar-refractivity contribution in [1.29, 1.82) is 0 Å². The Morgan fingerprint density at radius 2 is 1.85 bits per heavy atom. The third-order valence-corrected chi connectivity index (χ3v) is 7.31. The largest absolute Gasteiger partial charge is 0.493 e. The van der Waals surface area contributed by atoms with E-state index in [4.69, 9.17) is 4.74 Å². The number of nitrogens with one attached hydrogen (secondary N) is 1. The molecule has 10 nitrogen and oxygen atoms in total. The number of likely N-dealkylation sites (N-methyl/N-ethyl adjacent to an activating group) is 2. The molecule has 2 heterocycles. The number of ether oxygens (including phenoxy) is 1. The minimum Gasteiger partial charge on any atom is -0.493 e. The predicted octanol–water partition coefficient (Wildman–Crippen LogP) is 2.32. The zero-order valence-electron chi connectivity index (χ0n) is 20.8. The van der Waals surface area contributed by atoms with Crippen LogP contribution in [0.25, 0.3) is 16.9 Å². The molecule has 0 bridgehead atoms. The zero-order valence-corrected chi connectivity index (χ0v) is 21.6. The highest BCUT2D eigenvalue weighted by Gasteiger charge is 2.24. The van der Waals surface area contributed by atoms with E-state index in [-0.39, 0.29) is 16.3 Å². The van der Waals surface area contributed by atoms with Gasteiger partial charge in [-0.1, -0.05) is 13.8 Å². The van der Waals surface area contributed by atoms with Crippen LogP contribution in [0.2, 0.25) is 0 Å². The molecule has 186 valence electrons. The van der Waals surface area contributed by atoms with E-state index < -0.39 is 10.0 Å². The molecule has 0 aliphatic heterocycles. The van der Waals surface area contributed by atoms with E-state index in [1.54, 1.807) is 24.6 Å². The molecule has 2 aromatic heterocycles. The molecule has 1 N–H and O–H groups in total. The summed E-state index contributed by atoms with van der Waals surface area (Å²) in [6.45, 7) is 7.16. The molecule has 3 aromatic rings. The number of aryl methyl sites for hydroxylation is 2. The molecular weight excluding hydrogens is 456 g/mol. The van der Waals surface area contributed by atoms with Crippen molar-refractivity contribution in [3.63, 3.8) is 0 Å². The molecule has 3 rings (SSSR count). The van der Waals surface area contributed by atoms with E-state index in [9.17, 15) is 13.2 Å². The lowest BCUT2D eigenvalue weighted by atomic mass is 10.2. The van der Waals surface area contributed by atoms with Crippen molar-refractivity contribution < 1.29 is 13.2 Å². The molecule has 34 heavy (non-hydrogen) atoms. The summed E-state index contributed by atoms with van der Waals surface area (Å²) >= 11 is 0. The van der Waals surface area contributed by atoms with Gasteiger partial charge in [0.05, 0.1) is 22.8 Å². The van der Waals surface area contributed by atoms with Crippen LogP contribution < -0.4 is 10.3 Å². The Morgan fingerprint density at radius 1 is 1.12 bits per heavy atom. The minimum atomic E-state index is -3.76. The number of imidazole rings is 1. The Labute approximate surface area is 200 Å². The molecule has 0 fully saturated rings.